The van der Waals surface area contributed by atoms with E-state index in [1.807, 2.05) is 19.4 Å². The zero-order valence-corrected chi connectivity index (χ0v) is 14.9. The largest absolute Gasteiger partial charge is 0.338 e. The van der Waals surface area contributed by atoms with Crippen LogP contribution in [-0.2, 0) is 13.6 Å². The Hall–Kier alpha value is -2.18. The van der Waals surface area contributed by atoms with Crippen LogP contribution in [0.1, 0.15) is 30.3 Å². The average Bonchev–Trinajstić information content (AvgIpc) is 3.02. The fourth-order valence-electron chi connectivity index (χ4n) is 3.56. The van der Waals surface area contributed by atoms with E-state index in [4.69, 9.17) is 11.6 Å². The number of pyridine rings is 1. The van der Waals surface area contributed by atoms with E-state index in [1.54, 1.807) is 24.4 Å². The lowest BCUT2D eigenvalue weighted by Gasteiger charge is -2.31. The molecule has 0 bridgehead atoms. The standard InChI is InChI=1S/C18H20ClN5O/c1-22-9-6-20-18(22)13-4-7-23(8-5-13)12-15-10-17(25)24-11-14(19)2-3-16(24)21-15/h2-3,6,9-11,13H,4-5,7-8,12H2,1H3. The maximum atomic E-state index is 12.3. The predicted molar refractivity (Wildman–Crippen MR) is 96.9 cm³/mol. The topological polar surface area (TPSA) is 55.4 Å². The molecule has 4 rings (SSSR count). The summed E-state index contributed by atoms with van der Waals surface area (Å²) in [6.07, 6.45) is 7.62. The number of halogens is 1. The van der Waals surface area contributed by atoms with Crippen LogP contribution in [0.4, 0.5) is 0 Å². The summed E-state index contributed by atoms with van der Waals surface area (Å²) in [5.74, 6) is 1.67. The first-order chi connectivity index (χ1) is 12.1. The van der Waals surface area contributed by atoms with Gasteiger partial charge < -0.3 is 4.57 Å². The Labute approximate surface area is 150 Å². The summed E-state index contributed by atoms with van der Waals surface area (Å²) >= 11 is 5.95. The third-order valence-electron chi connectivity index (χ3n) is 4.87. The number of aromatic nitrogens is 4. The number of hydrogen-bond donors (Lipinski definition) is 0. The van der Waals surface area contributed by atoms with Crippen molar-refractivity contribution in [2.75, 3.05) is 13.1 Å². The number of nitrogens with zero attached hydrogens (tertiary/aromatic N) is 5. The second-order valence-electron chi connectivity index (χ2n) is 6.61. The van der Waals surface area contributed by atoms with Gasteiger partial charge >= 0.3 is 0 Å². The van der Waals surface area contributed by atoms with Crippen LogP contribution >= 0.6 is 11.6 Å². The Morgan fingerprint density at radius 2 is 2.08 bits per heavy atom. The van der Waals surface area contributed by atoms with Gasteiger partial charge in [0, 0.05) is 44.2 Å². The normalized spacial score (nSPS) is 16.6. The molecular formula is C18H20ClN5O. The van der Waals surface area contributed by atoms with Gasteiger partial charge in [-0.25, -0.2) is 9.97 Å². The van der Waals surface area contributed by atoms with Gasteiger partial charge in [-0.1, -0.05) is 11.6 Å². The van der Waals surface area contributed by atoms with Crippen LogP contribution in [0.15, 0.2) is 41.6 Å². The molecule has 1 aliphatic heterocycles. The maximum absolute atomic E-state index is 12.3. The van der Waals surface area contributed by atoms with E-state index >= 15 is 0 Å². The molecule has 4 heterocycles. The Bertz CT molecular complexity index is 955. The van der Waals surface area contributed by atoms with Gasteiger partial charge in [0.1, 0.15) is 11.5 Å². The van der Waals surface area contributed by atoms with Gasteiger partial charge in [0.2, 0.25) is 0 Å². The minimum Gasteiger partial charge on any atom is -0.338 e. The highest BCUT2D eigenvalue weighted by atomic mass is 35.5. The van der Waals surface area contributed by atoms with Crippen LogP contribution in [0.3, 0.4) is 0 Å². The quantitative estimate of drug-likeness (QED) is 0.722. The van der Waals surface area contributed by atoms with Gasteiger partial charge in [-0.05, 0) is 38.1 Å². The van der Waals surface area contributed by atoms with Crippen LogP contribution < -0.4 is 5.56 Å². The van der Waals surface area contributed by atoms with Crippen molar-refractivity contribution in [1.82, 2.24) is 23.8 Å². The first-order valence-electron chi connectivity index (χ1n) is 8.47. The van der Waals surface area contributed by atoms with E-state index in [1.165, 1.54) is 10.2 Å². The van der Waals surface area contributed by atoms with Crippen molar-refractivity contribution in [1.29, 1.82) is 0 Å². The van der Waals surface area contributed by atoms with Crippen LogP contribution in [-0.4, -0.2) is 36.9 Å². The summed E-state index contributed by atoms with van der Waals surface area (Å²) in [6.45, 7) is 2.67. The first-order valence-corrected chi connectivity index (χ1v) is 8.85. The molecule has 0 spiro atoms. The number of imidazole rings is 1. The third-order valence-corrected chi connectivity index (χ3v) is 5.10. The second-order valence-corrected chi connectivity index (χ2v) is 7.04. The molecule has 3 aromatic heterocycles. The predicted octanol–water partition coefficient (Wildman–Crippen LogP) is 2.46. The molecule has 1 fully saturated rings. The lowest BCUT2D eigenvalue weighted by atomic mass is 9.96. The van der Waals surface area contributed by atoms with Crippen LogP contribution in [0.2, 0.25) is 5.02 Å². The van der Waals surface area contributed by atoms with Crippen LogP contribution in [0, 0.1) is 0 Å². The average molecular weight is 358 g/mol. The van der Waals surface area contributed by atoms with Gasteiger partial charge in [-0.2, -0.15) is 0 Å². The Balaban J connectivity index is 1.47. The summed E-state index contributed by atoms with van der Waals surface area (Å²) in [5.41, 5.74) is 1.35. The summed E-state index contributed by atoms with van der Waals surface area (Å²) < 4.78 is 3.59. The van der Waals surface area contributed by atoms with Crippen LogP contribution in [0.25, 0.3) is 5.65 Å². The highest BCUT2D eigenvalue weighted by Gasteiger charge is 2.23. The van der Waals surface area contributed by atoms with Gasteiger partial charge in [0.25, 0.3) is 5.56 Å². The maximum Gasteiger partial charge on any atom is 0.258 e. The highest BCUT2D eigenvalue weighted by Crippen LogP contribution is 2.27. The summed E-state index contributed by atoms with van der Waals surface area (Å²) in [7, 11) is 2.05. The van der Waals surface area contributed by atoms with Crippen molar-refractivity contribution < 1.29 is 0 Å². The zero-order valence-electron chi connectivity index (χ0n) is 14.1. The fourth-order valence-corrected chi connectivity index (χ4v) is 3.72. The van der Waals surface area contributed by atoms with Crippen molar-refractivity contribution in [2.45, 2.75) is 25.3 Å². The van der Waals surface area contributed by atoms with Gasteiger partial charge in [0.15, 0.2) is 0 Å². The monoisotopic (exact) mass is 357 g/mol. The van der Waals surface area contributed by atoms with Crippen molar-refractivity contribution in [3.63, 3.8) is 0 Å². The first kappa shape index (κ1) is 16.3. The number of rotatable bonds is 3. The van der Waals surface area contributed by atoms with E-state index in [0.717, 1.165) is 31.6 Å². The van der Waals surface area contributed by atoms with Crippen LogP contribution in [0.5, 0.6) is 0 Å². The SMILES string of the molecule is Cn1ccnc1C1CCN(Cc2cc(=O)n3cc(Cl)ccc3n2)CC1. The molecule has 6 nitrogen and oxygen atoms in total. The zero-order chi connectivity index (χ0) is 17.4. The molecule has 25 heavy (non-hydrogen) atoms. The van der Waals surface area contributed by atoms with E-state index < -0.39 is 0 Å². The summed E-state index contributed by atoms with van der Waals surface area (Å²) in [5, 5.41) is 0.528. The minimum atomic E-state index is -0.0922. The van der Waals surface area contributed by atoms with E-state index in [-0.39, 0.29) is 5.56 Å². The Kier molecular flexibility index (Phi) is 4.31. The fraction of sp³-hybridized carbons (Fsp3) is 0.389. The molecule has 0 aliphatic carbocycles. The molecule has 1 saturated heterocycles. The number of hydrogen-bond acceptors (Lipinski definition) is 4. The summed E-state index contributed by atoms with van der Waals surface area (Å²) in [6, 6.07) is 5.14. The minimum absolute atomic E-state index is 0.0922. The van der Waals surface area contributed by atoms with Gasteiger partial charge in [-0.15, -0.1) is 0 Å². The molecule has 0 radical (unpaired) electrons. The number of fused-ring (bicyclic) bond motifs is 1. The Morgan fingerprint density at radius 3 is 2.80 bits per heavy atom. The molecule has 0 amide bonds. The van der Waals surface area contributed by atoms with Gasteiger partial charge in [-0.3, -0.25) is 14.1 Å². The molecule has 0 unspecified atom stereocenters. The van der Waals surface area contributed by atoms with Crippen molar-refractivity contribution in [3.8, 4) is 0 Å². The van der Waals surface area contributed by atoms with Gasteiger partial charge in [0.05, 0.1) is 10.7 Å². The lowest BCUT2D eigenvalue weighted by molar-refractivity contribution is 0.198. The highest BCUT2D eigenvalue weighted by molar-refractivity contribution is 6.30. The molecule has 130 valence electrons. The smallest absolute Gasteiger partial charge is 0.258 e. The molecule has 3 aromatic rings. The van der Waals surface area contributed by atoms with Crippen molar-refractivity contribution >= 4 is 17.2 Å². The third kappa shape index (κ3) is 3.32. The molecular weight excluding hydrogens is 338 g/mol. The second kappa shape index (κ2) is 6.61. The molecule has 7 heteroatoms. The summed E-state index contributed by atoms with van der Waals surface area (Å²) in [4.78, 5) is 23.7. The molecule has 0 aromatic carbocycles. The molecule has 0 atom stereocenters. The lowest BCUT2D eigenvalue weighted by Crippen LogP contribution is -2.34. The molecule has 0 N–H and O–H groups in total. The van der Waals surface area contributed by atoms with Crippen molar-refractivity contribution in [3.05, 3.63) is 63.7 Å². The van der Waals surface area contributed by atoms with E-state index in [9.17, 15) is 4.79 Å². The van der Waals surface area contributed by atoms with E-state index in [0.29, 0.717) is 23.1 Å². The Morgan fingerprint density at radius 1 is 1.28 bits per heavy atom. The number of likely N-dealkylation sites (tertiary alicyclic amines) is 1. The number of aryl methyl sites for hydroxylation is 1. The molecule has 0 saturated carbocycles. The molecule has 1 aliphatic rings. The van der Waals surface area contributed by atoms with E-state index in [2.05, 4.69) is 19.4 Å². The number of piperidine rings is 1. The van der Waals surface area contributed by atoms with Crippen molar-refractivity contribution in [2.24, 2.45) is 7.05 Å².